The molecule has 2 atom stereocenters. The molecule has 3 heteroatoms. The summed E-state index contributed by atoms with van der Waals surface area (Å²) >= 11 is 0. The molecule has 2 unspecified atom stereocenters. The maximum absolute atomic E-state index is 6.15. The molecular weight excluding hydrogens is 176 g/mol. The highest BCUT2D eigenvalue weighted by Gasteiger charge is 2.31. The minimum Gasteiger partial charge on any atom is -0.379 e. The summed E-state index contributed by atoms with van der Waals surface area (Å²) < 4.78 is 5.31. The normalized spacial score (nSPS) is 34.7. The Hall–Kier alpha value is -0.120. The van der Waals surface area contributed by atoms with E-state index in [1.165, 1.54) is 12.8 Å². The smallest absolute Gasteiger partial charge is 0.0659 e. The lowest BCUT2D eigenvalue weighted by Crippen LogP contribution is -2.50. The van der Waals surface area contributed by atoms with Crippen molar-refractivity contribution in [3.63, 3.8) is 0 Å². The Balaban J connectivity index is 1.61. The minimum absolute atomic E-state index is 0.0940. The van der Waals surface area contributed by atoms with Gasteiger partial charge in [0, 0.05) is 13.2 Å². The van der Waals surface area contributed by atoms with Gasteiger partial charge in [-0.1, -0.05) is 6.92 Å². The third-order valence-electron chi connectivity index (χ3n) is 3.50. The zero-order chi connectivity index (χ0) is 10.0. The molecule has 0 aromatic heterocycles. The number of rotatable bonds is 5. The number of nitrogens with one attached hydrogen (secondary N) is 1. The molecule has 2 fully saturated rings. The highest BCUT2D eigenvalue weighted by molar-refractivity contribution is 4.90. The second kappa shape index (κ2) is 4.17. The molecule has 1 saturated heterocycles. The summed E-state index contributed by atoms with van der Waals surface area (Å²) in [7, 11) is 0. The molecule has 1 heterocycles. The molecule has 1 aliphatic carbocycles. The molecule has 3 nitrogen and oxygen atoms in total. The van der Waals surface area contributed by atoms with Crippen LogP contribution in [0.15, 0.2) is 0 Å². The van der Waals surface area contributed by atoms with E-state index in [0.717, 1.165) is 44.6 Å². The standard InChI is InChI=1S/C11H22N2O/c1-9(10-2-3-10)6-13-7-11(12)4-5-14-8-11/h9-10,13H,2-8,12H2,1H3. The molecule has 0 amide bonds. The number of hydrogen-bond acceptors (Lipinski definition) is 3. The van der Waals surface area contributed by atoms with Crippen molar-refractivity contribution >= 4 is 0 Å². The van der Waals surface area contributed by atoms with Crippen molar-refractivity contribution in [3.8, 4) is 0 Å². The predicted octanol–water partition coefficient (Wildman–Crippen LogP) is 0.740. The maximum Gasteiger partial charge on any atom is 0.0659 e. The maximum atomic E-state index is 6.15. The van der Waals surface area contributed by atoms with E-state index in [-0.39, 0.29) is 5.54 Å². The topological polar surface area (TPSA) is 47.3 Å². The van der Waals surface area contributed by atoms with Crippen molar-refractivity contribution in [1.82, 2.24) is 5.32 Å². The zero-order valence-electron chi connectivity index (χ0n) is 9.09. The third-order valence-corrected chi connectivity index (χ3v) is 3.50. The van der Waals surface area contributed by atoms with Gasteiger partial charge in [0.2, 0.25) is 0 Å². The van der Waals surface area contributed by atoms with Crippen LogP contribution in [0.3, 0.4) is 0 Å². The number of nitrogens with two attached hydrogens (primary N) is 1. The van der Waals surface area contributed by atoms with Crippen molar-refractivity contribution in [2.75, 3.05) is 26.3 Å². The van der Waals surface area contributed by atoms with Crippen molar-refractivity contribution in [3.05, 3.63) is 0 Å². The lowest BCUT2D eigenvalue weighted by Gasteiger charge is -2.23. The van der Waals surface area contributed by atoms with E-state index in [9.17, 15) is 0 Å². The molecule has 0 aromatic rings. The van der Waals surface area contributed by atoms with Gasteiger partial charge in [0.15, 0.2) is 0 Å². The summed E-state index contributed by atoms with van der Waals surface area (Å²) in [5, 5.41) is 3.48. The van der Waals surface area contributed by atoms with Gasteiger partial charge in [-0.3, -0.25) is 0 Å². The number of hydrogen-bond donors (Lipinski definition) is 2. The molecule has 0 radical (unpaired) electrons. The Bertz CT molecular complexity index is 186. The van der Waals surface area contributed by atoms with Crippen molar-refractivity contribution in [2.45, 2.75) is 31.7 Å². The van der Waals surface area contributed by atoms with Crippen LogP contribution in [0.25, 0.3) is 0 Å². The van der Waals surface area contributed by atoms with E-state index < -0.39 is 0 Å². The Labute approximate surface area is 86.4 Å². The summed E-state index contributed by atoms with van der Waals surface area (Å²) in [5.41, 5.74) is 6.06. The van der Waals surface area contributed by atoms with Gasteiger partial charge in [-0.15, -0.1) is 0 Å². The first-order chi connectivity index (χ1) is 6.70. The van der Waals surface area contributed by atoms with Crippen LogP contribution in [0.4, 0.5) is 0 Å². The second-order valence-corrected chi connectivity index (χ2v) is 5.11. The molecule has 2 aliphatic rings. The van der Waals surface area contributed by atoms with Crippen LogP contribution in [0.5, 0.6) is 0 Å². The van der Waals surface area contributed by atoms with E-state index in [1.54, 1.807) is 0 Å². The molecule has 0 aromatic carbocycles. The van der Waals surface area contributed by atoms with Crippen LogP contribution >= 0.6 is 0 Å². The lowest BCUT2D eigenvalue weighted by atomic mass is 10.00. The van der Waals surface area contributed by atoms with Crippen LogP contribution in [0.1, 0.15) is 26.2 Å². The van der Waals surface area contributed by atoms with Gasteiger partial charge in [-0.25, -0.2) is 0 Å². The zero-order valence-corrected chi connectivity index (χ0v) is 9.09. The molecule has 2 rings (SSSR count). The third kappa shape index (κ3) is 2.69. The molecule has 3 N–H and O–H groups in total. The Morgan fingerprint density at radius 3 is 2.93 bits per heavy atom. The van der Waals surface area contributed by atoms with Gasteiger partial charge in [-0.2, -0.15) is 0 Å². The van der Waals surface area contributed by atoms with E-state index in [1.807, 2.05) is 0 Å². The minimum atomic E-state index is -0.0940. The van der Waals surface area contributed by atoms with Gasteiger partial charge in [0.05, 0.1) is 12.1 Å². The fourth-order valence-corrected chi connectivity index (χ4v) is 2.14. The predicted molar refractivity (Wildman–Crippen MR) is 57.1 cm³/mol. The van der Waals surface area contributed by atoms with Crippen LogP contribution in [-0.4, -0.2) is 31.8 Å². The van der Waals surface area contributed by atoms with Crippen LogP contribution in [-0.2, 0) is 4.74 Å². The first kappa shape index (κ1) is 10.4. The van der Waals surface area contributed by atoms with Gasteiger partial charge < -0.3 is 15.8 Å². The Morgan fingerprint density at radius 1 is 1.57 bits per heavy atom. The molecule has 0 spiro atoms. The summed E-state index contributed by atoms with van der Waals surface area (Å²) in [6.45, 7) is 5.90. The number of ether oxygens (including phenoxy) is 1. The monoisotopic (exact) mass is 198 g/mol. The van der Waals surface area contributed by atoms with E-state index >= 15 is 0 Å². The van der Waals surface area contributed by atoms with Crippen molar-refractivity contribution < 1.29 is 4.74 Å². The first-order valence-electron chi connectivity index (χ1n) is 5.77. The van der Waals surface area contributed by atoms with Crippen LogP contribution < -0.4 is 11.1 Å². The quantitative estimate of drug-likeness (QED) is 0.685. The largest absolute Gasteiger partial charge is 0.379 e. The fraction of sp³-hybridized carbons (Fsp3) is 1.00. The Morgan fingerprint density at radius 2 is 2.36 bits per heavy atom. The van der Waals surface area contributed by atoms with Crippen LogP contribution in [0.2, 0.25) is 0 Å². The average molecular weight is 198 g/mol. The van der Waals surface area contributed by atoms with E-state index in [4.69, 9.17) is 10.5 Å². The molecule has 82 valence electrons. The first-order valence-corrected chi connectivity index (χ1v) is 5.77. The van der Waals surface area contributed by atoms with Gasteiger partial charge >= 0.3 is 0 Å². The van der Waals surface area contributed by atoms with Crippen molar-refractivity contribution in [1.29, 1.82) is 0 Å². The average Bonchev–Trinajstić information content (AvgIpc) is 2.91. The summed E-state index contributed by atoms with van der Waals surface area (Å²) in [5.74, 6) is 1.80. The van der Waals surface area contributed by atoms with Gasteiger partial charge in [0.25, 0.3) is 0 Å². The molecule has 0 bridgehead atoms. The molecule has 1 aliphatic heterocycles. The van der Waals surface area contributed by atoms with E-state index in [0.29, 0.717) is 0 Å². The molecular formula is C11H22N2O. The van der Waals surface area contributed by atoms with Gasteiger partial charge in [-0.05, 0) is 37.6 Å². The molecule has 14 heavy (non-hydrogen) atoms. The molecule has 1 saturated carbocycles. The van der Waals surface area contributed by atoms with Crippen molar-refractivity contribution in [2.24, 2.45) is 17.6 Å². The Kier molecular flexibility index (Phi) is 3.10. The SMILES string of the molecule is CC(CNCC1(N)CCOC1)C1CC1. The highest BCUT2D eigenvalue weighted by atomic mass is 16.5. The van der Waals surface area contributed by atoms with Gasteiger partial charge in [0.1, 0.15) is 0 Å². The summed E-state index contributed by atoms with van der Waals surface area (Å²) in [6.07, 6.45) is 3.86. The summed E-state index contributed by atoms with van der Waals surface area (Å²) in [4.78, 5) is 0. The van der Waals surface area contributed by atoms with E-state index in [2.05, 4.69) is 12.2 Å². The fourth-order valence-electron chi connectivity index (χ4n) is 2.14. The highest BCUT2D eigenvalue weighted by Crippen LogP contribution is 2.36. The summed E-state index contributed by atoms with van der Waals surface area (Å²) in [6, 6.07) is 0. The lowest BCUT2D eigenvalue weighted by molar-refractivity contribution is 0.177. The van der Waals surface area contributed by atoms with Crippen LogP contribution in [0, 0.1) is 11.8 Å². The second-order valence-electron chi connectivity index (χ2n) is 5.11.